The monoisotopic (exact) mass is 545 g/mol. The van der Waals surface area contributed by atoms with Crippen LogP contribution in [0.5, 0.6) is 5.75 Å². The van der Waals surface area contributed by atoms with Crippen LogP contribution in [0.1, 0.15) is 33.9 Å². The molecule has 1 saturated heterocycles. The molecule has 3 N–H and O–H groups in total. The third-order valence-corrected chi connectivity index (χ3v) is 7.03. The van der Waals surface area contributed by atoms with Crippen LogP contribution >= 0.6 is 19.4 Å². The molecule has 0 amide bonds. The Hall–Kier alpha value is -2.47. The first-order chi connectivity index (χ1) is 16.8. The standard InChI is InChI=1S/C22H29ClN3O9P/c1-13(2)32-19(28)14(3)34-36(30,35-15-8-6-5-7-9-15)31-12-16-18(27)22(4,23)20(33-16)26-11-10-17(24)25-21(26)29/h5-11,13-14,16,18,20,27H,12H2,1-4H3,(H2,24,25,29)/t14-,16+,18+,20+,22+,36?/m0/s1. The lowest BCUT2D eigenvalue weighted by molar-refractivity contribution is -0.156. The number of hydrogen-bond donors (Lipinski definition) is 2. The first-order valence-corrected chi connectivity index (χ1v) is 12.9. The molecule has 6 atom stereocenters. The van der Waals surface area contributed by atoms with Crippen LogP contribution in [0.15, 0.2) is 47.4 Å². The van der Waals surface area contributed by atoms with Crippen LogP contribution in [0.2, 0.25) is 0 Å². The average molecular weight is 546 g/mol. The number of para-hydroxylation sites is 1. The number of ether oxygens (including phenoxy) is 2. The third kappa shape index (κ3) is 6.64. The lowest BCUT2D eigenvalue weighted by atomic mass is 10.0. The van der Waals surface area contributed by atoms with Crippen LogP contribution in [0, 0.1) is 0 Å². The molecule has 1 aliphatic rings. The van der Waals surface area contributed by atoms with Gasteiger partial charge < -0.3 is 24.8 Å². The number of halogens is 1. The number of anilines is 1. The molecule has 2 heterocycles. The minimum absolute atomic E-state index is 0.00668. The fourth-order valence-corrected chi connectivity index (χ4v) is 5.01. The number of aromatic nitrogens is 2. The summed E-state index contributed by atoms with van der Waals surface area (Å²) in [4.78, 5) is 26.7. The summed E-state index contributed by atoms with van der Waals surface area (Å²) in [5, 5.41) is 10.8. The SMILES string of the molecule is CC(C)OC(=O)[C@H](C)OP(=O)(OC[C@H]1O[C@@H](n2ccc(N)nc2=O)[C@](C)(Cl)[C@@H]1O)Oc1ccccc1. The summed E-state index contributed by atoms with van der Waals surface area (Å²) >= 11 is 6.54. The number of aliphatic hydroxyl groups is 1. The van der Waals surface area contributed by atoms with Crippen LogP contribution in [-0.2, 0) is 27.9 Å². The van der Waals surface area contributed by atoms with E-state index in [4.69, 9.17) is 40.4 Å². The first kappa shape index (κ1) is 28.1. The summed E-state index contributed by atoms with van der Waals surface area (Å²) in [6, 6.07) is 9.42. The predicted octanol–water partition coefficient (Wildman–Crippen LogP) is 2.64. The van der Waals surface area contributed by atoms with Crippen LogP contribution in [0.25, 0.3) is 0 Å². The Morgan fingerprint density at radius 1 is 1.31 bits per heavy atom. The van der Waals surface area contributed by atoms with Crippen molar-refractivity contribution >= 4 is 31.2 Å². The Kier molecular flexibility index (Phi) is 8.81. The maximum Gasteiger partial charge on any atom is 0.530 e. The van der Waals surface area contributed by atoms with E-state index in [2.05, 4.69) is 4.98 Å². The zero-order valence-corrected chi connectivity index (χ0v) is 21.8. The molecular formula is C22H29ClN3O9P. The molecule has 0 aliphatic carbocycles. The molecule has 1 aliphatic heterocycles. The van der Waals surface area contributed by atoms with Crippen LogP contribution in [0.4, 0.5) is 5.82 Å². The highest BCUT2D eigenvalue weighted by Crippen LogP contribution is 2.52. The lowest BCUT2D eigenvalue weighted by Gasteiger charge is -2.26. The van der Waals surface area contributed by atoms with E-state index in [1.54, 1.807) is 32.0 Å². The quantitative estimate of drug-likeness (QED) is 0.256. The summed E-state index contributed by atoms with van der Waals surface area (Å²) in [6.45, 7) is 5.59. The second kappa shape index (κ2) is 11.3. The van der Waals surface area contributed by atoms with Crippen molar-refractivity contribution < 1.29 is 37.5 Å². The van der Waals surface area contributed by atoms with E-state index in [1.165, 1.54) is 38.2 Å². The predicted molar refractivity (Wildman–Crippen MR) is 129 cm³/mol. The molecule has 12 nitrogen and oxygen atoms in total. The molecule has 3 rings (SSSR count). The van der Waals surface area contributed by atoms with Gasteiger partial charge in [-0.3, -0.25) is 13.6 Å². The summed E-state index contributed by atoms with van der Waals surface area (Å²) in [5.74, 6) is -0.615. The third-order valence-electron chi connectivity index (χ3n) is 5.15. The van der Waals surface area contributed by atoms with Gasteiger partial charge in [0, 0.05) is 6.20 Å². The van der Waals surface area contributed by atoms with Gasteiger partial charge in [0.25, 0.3) is 0 Å². The van der Waals surface area contributed by atoms with Gasteiger partial charge >= 0.3 is 19.5 Å². The molecule has 1 fully saturated rings. The van der Waals surface area contributed by atoms with E-state index in [0.717, 1.165) is 4.57 Å². The number of nitrogen functional groups attached to an aromatic ring is 1. The molecule has 0 bridgehead atoms. The fraction of sp³-hybridized carbons (Fsp3) is 0.500. The Balaban J connectivity index is 1.79. The number of phosphoric ester groups is 1. The number of carbonyl (C=O) groups excluding carboxylic acids is 1. The van der Waals surface area contributed by atoms with E-state index < -0.39 is 61.6 Å². The van der Waals surface area contributed by atoms with E-state index in [9.17, 15) is 19.3 Å². The second-order valence-electron chi connectivity index (χ2n) is 8.55. The minimum atomic E-state index is -4.46. The Labute approximate surface area is 212 Å². The molecule has 0 spiro atoms. The van der Waals surface area contributed by atoms with Gasteiger partial charge in [0.2, 0.25) is 0 Å². The van der Waals surface area contributed by atoms with Crippen molar-refractivity contribution in [1.82, 2.24) is 9.55 Å². The van der Waals surface area contributed by atoms with Crippen molar-refractivity contribution in [3.8, 4) is 5.75 Å². The summed E-state index contributed by atoms with van der Waals surface area (Å²) < 4.78 is 41.8. The van der Waals surface area contributed by atoms with Crippen LogP contribution < -0.4 is 15.9 Å². The van der Waals surface area contributed by atoms with Crippen LogP contribution in [0.3, 0.4) is 0 Å². The molecule has 198 valence electrons. The largest absolute Gasteiger partial charge is 0.530 e. The van der Waals surface area contributed by atoms with E-state index >= 15 is 0 Å². The smallest absolute Gasteiger partial charge is 0.461 e. The second-order valence-corrected chi connectivity index (χ2v) is 10.9. The van der Waals surface area contributed by atoms with E-state index in [1.807, 2.05) is 0 Å². The lowest BCUT2D eigenvalue weighted by Crippen LogP contribution is -2.42. The number of esters is 1. The maximum atomic E-state index is 13.5. The molecule has 0 saturated carbocycles. The zero-order chi connectivity index (χ0) is 26.7. The van der Waals surface area contributed by atoms with E-state index in [-0.39, 0.29) is 11.6 Å². The van der Waals surface area contributed by atoms with Crippen molar-refractivity contribution in [3.05, 3.63) is 53.1 Å². The van der Waals surface area contributed by atoms with E-state index in [0.29, 0.717) is 0 Å². The highest BCUT2D eigenvalue weighted by Gasteiger charge is 2.54. The number of rotatable bonds is 10. The van der Waals surface area contributed by atoms with Gasteiger partial charge in [-0.15, -0.1) is 11.6 Å². The van der Waals surface area contributed by atoms with Crippen molar-refractivity contribution in [2.75, 3.05) is 12.3 Å². The first-order valence-electron chi connectivity index (χ1n) is 11.1. The molecule has 1 unspecified atom stereocenters. The van der Waals surface area contributed by atoms with Crippen molar-refractivity contribution in [2.24, 2.45) is 0 Å². The van der Waals surface area contributed by atoms with Gasteiger partial charge in [0.05, 0.1) is 12.7 Å². The summed E-state index contributed by atoms with van der Waals surface area (Å²) in [5.41, 5.74) is 4.80. The Morgan fingerprint density at radius 3 is 2.58 bits per heavy atom. The van der Waals surface area contributed by atoms with Crippen molar-refractivity contribution in [1.29, 1.82) is 0 Å². The highest BCUT2D eigenvalue weighted by molar-refractivity contribution is 7.49. The molecule has 0 radical (unpaired) electrons. The average Bonchev–Trinajstić information content (AvgIpc) is 3.01. The van der Waals surface area contributed by atoms with Gasteiger partial charge in [-0.1, -0.05) is 18.2 Å². The molecular weight excluding hydrogens is 517 g/mol. The summed E-state index contributed by atoms with van der Waals surface area (Å²) in [6.07, 6.45) is -4.08. The number of nitrogens with two attached hydrogens (primary N) is 1. The minimum Gasteiger partial charge on any atom is -0.461 e. The number of alkyl halides is 1. The van der Waals surface area contributed by atoms with Gasteiger partial charge in [0.1, 0.15) is 28.6 Å². The summed E-state index contributed by atoms with van der Waals surface area (Å²) in [7, 11) is -4.46. The maximum absolute atomic E-state index is 13.5. The number of carbonyl (C=O) groups is 1. The number of aliphatic hydroxyl groups excluding tert-OH is 1. The van der Waals surface area contributed by atoms with Crippen molar-refractivity contribution in [3.63, 3.8) is 0 Å². The van der Waals surface area contributed by atoms with Gasteiger partial charge in [-0.2, -0.15) is 4.98 Å². The van der Waals surface area contributed by atoms with Crippen LogP contribution in [-0.4, -0.2) is 56.5 Å². The van der Waals surface area contributed by atoms with Crippen molar-refractivity contribution in [2.45, 2.75) is 63.2 Å². The van der Waals surface area contributed by atoms with Gasteiger partial charge in [-0.05, 0) is 45.9 Å². The molecule has 1 aromatic heterocycles. The fourth-order valence-electron chi connectivity index (χ4n) is 3.37. The number of hydrogen-bond acceptors (Lipinski definition) is 11. The highest BCUT2D eigenvalue weighted by atomic mass is 35.5. The van der Waals surface area contributed by atoms with Gasteiger partial charge in [-0.25, -0.2) is 14.2 Å². The topological polar surface area (TPSA) is 161 Å². The molecule has 1 aromatic carbocycles. The molecule has 36 heavy (non-hydrogen) atoms. The number of benzene rings is 1. The normalized spacial score (nSPS) is 26.4. The van der Waals surface area contributed by atoms with Gasteiger partial charge in [0.15, 0.2) is 12.3 Å². The number of phosphoric acid groups is 1. The Bertz CT molecular complexity index is 1160. The number of nitrogens with zero attached hydrogens (tertiary/aromatic N) is 2. The molecule has 2 aromatic rings. The zero-order valence-electron chi connectivity index (χ0n) is 20.1. The molecule has 14 heteroatoms. The Morgan fingerprint density at radius 2 is 1.97 bits per heavy atom.